The summed E-state index contributed by atoms with van der Waals surface area (Å²) in [7, 11) is 1.61. The van der Waals surface area contributed by atoms with Gasteiger partial charge in [-0.1, -0.05) is 30.3 Å². The highest BCUT2D eigenvalue weighted by Crippen LogP contribution is 2.30. The molecule has 0 aliphatic rings. The number of pyridine rings is 1. The fraction of sp³-hybridized carbons (Fsp3) is 0.111. The maximum Gasteiger partial charge on any atom is 0.255 e. The molecule has 0 atom stereocenters. The lowest BCUT2D eigenvalue weighted by molar-refractivity contribution is 0.102. The Bertz CT molecular complexity index is 829. The third kappa shape index (κ3) is 2.63. The Balaban J connectivity index is 2.06. The van der Waals surface area contributed by atoms with Crippen LogP contribution in [0.15, 0.2) is 54.6 Å². The van der Waals surface area contributed by atoms with Crippen molar-refractivity contribution >= 4 is 22.5 Å². The van der Waals surface area contributed by atoms with E-state index in [2.05, 4.69) is 10.3 Å². The zero-order chi connectivity index (χ0) is 15.5. The molecule has 0 aliphatic carbocycles. The van der Waals surface area contributed by atoms with Crippen LogP contribution in [-0.4, -0.2) is 18.0 Å². The number of methoxy groups -OCH3 is 1. The molecule has 3 rings (SSSR count). The predicted molar refractivity (Wildman–Crippen MR) is 87.4 cm³/mol. The van der Waals surface area contributed by atoms with Gasteiger partial charge in [-0.3, -0.25) is 4.79 Å². The molecule has 0 unspecified atom stereocenters. The van der Waals surface area contributed by atoms with Crippen LogP contribution in [-0.2, 0) is 0 Å². The van der Waals surface area contributed by atoms with Crippen LogP contribution in [0.4, 0.5) is 5.69 Å². The normalized spacial score (nSPS) is 10.5. The second-order valence-corrected chi connectivity index (χ2v) is 4.99. The van der Waals surface area contributed by atoms with Gasteiger partial charge in [-0.15, -0.1) is 0 Å². The highest BCUT2D eigenvalue weighted by molar-refractivity contribution is 6.09. The molecule has 1 N–H and O–H groups in total. The zero-order valence-corrected chi connectivity index (χ0v) is 12.5. The van der Waals surface area contributed by atoms with Gasteiger partial charge >= 0.3 is 0 Å². The van der Waals surface area contributed by atoms with E-state index >= 15 is 0 Å². The quantitative estimate of drug-likeness (QED) is 0.798. The van der Waals surface area contributed by atoms with Crippen LogP contribution in [0.1, 0.15) is 16.1 Å². The van der Waals surface area contributed by atoms with Crippen molar-refractivity contribution in [1.82, 2.24) is 4.98 Å². The number of ether oxygens (including phenoxy) is 1. The predicted octanol–water partition coefficient (Wildman–Crippen LogP) is 3.80. The number of carbonyl (C=O) groups excluding carboxylic acids is 1. The molecule has 0 radical (unpaired) electrons. The van der Waals surface area contributed by atoms with Crippen molar-refractivity contribution in [2.45, 2.75) is 6.92 Å². The zero-order valence-electron chi connectivity index (χ0n) is 12.5. The third-order valence-electron chi connectivity index (χ3n) is 3.43. The molecule has 3 aromatic rings. The number of para-hydroxylation sites is 1. The van der Waals surface area contributed by atoms with E-state index in [0.29, 0.717) is 11.3 Å². The molecule has 1 amide bonds. The van der Waals surface area contributed by atoms with Gasteiger partial charge in [0.05, 0.1) is 12.8 Å². The molecule has 4 heteroatoms. The van der Waals surface area contributed by atoms with E-state index in [4.69, 9.17) is 4.74 Å². The summed E-state index contributed by atoms with van der Waals surface area (Å²) in [5.74, 6) is 0.548. The first-order valence-electron chi connectivity index (χ1n) is 7.00. The fourth-order valence-corrected chi connectivity index (χ4v) is 2.40. The lowest BCUT2D eigenvalue weighted by atomic mass is 10.1. The van der Waals surface area contributed by atoms with Gasteiger partial charge < -0.3 is 10.1 Å². The molecule has 0 fully saturated rings. The van der Waals surface area contributed by atoms with Gasteiger partial charge in [0.15, 0.2) is 0 Å². The van der Waals surface area contributed by atoms with E-state index < -0.39 is 0 Å². The Morgan fingerprint density at radius 3 is 2.59 bits per heavy atom. The minimum Gasteiger partial charge on any atom is -0.494 e. The van der Waals surface area contributed by atoms with Crippen LogP contribution in [0.5, 0.6) is 5.75 Å². The van der Waals surface area contributed by atoms with E-state index in [1.54, 1.807) is 19.2 Å². The average Bonchev–Trinajstić information content (AvgIpc) is 2.55. The first kappa shape index (κ1) is 14.1. The lowest BCUT2D eigenvalue weighted by Gasteiger charge is -2.12. The van der Waals surface area contributed by atoms with E-state index in [-0.39, 0.29) is 5.91 Å². The molecule has 0 spiro atoms. The average molecular weight is 292 g/mol. The lowest BCUT2D eigenvalue weighted by Crippen LogP contribution is -2.12. The van der Waals surface area contributed by atoms with Crippen LogP contribution >= 0.6 is 0 Å². The summed E-state index contributed by atoms with van der Waals surface area (Å²) < 4.78 is 5.35. The number of nitrogens with zero attached hydrogens (tertiary/aromatic N) is 1. The van der Waals surface area contributed by atoms with Gasteiger partial charge in [-0.05, 0) is 31.2 Å². The van der Waals surface area contributed by atoms with Crippen LogP contribution in [0.3, 0.4) is 0 Å². The van der Waals surface area contributed by atoms with Crippen molar-refractivity contribution in [3.63, 3.8) is 0 Å². The number of aryl methyl sites for hydroxylation is 1. The smallest absolute Gasteiger partial charge is 0.255 e. The number of benzene rings is 2. The number of rotatable bonds is 3. The van der Waals surface area contributed by atoms with E-state index in [9.17, 15) is 4.79 Å². The second-order valence-electron chi connectivity index (χ2n) is 4.99. The minimum atomic E-state index is -0.143. The molecule has 0 aliphatic heterocycles. The Kier molecular flexibility index (Phi) is 3.74. The number of amides is 1. The largest absolute Gasteiger partial charge is 0.494 e. The van der Waals surface area contributed by atoms with Crippen LogP contribution in [0, 0.1) is 6.92 Å². The van der Waals surface area contributed by atoms with Gasteiger partial charge in [-0.2, -0.15) is 0 Å². The topological polar surface area (TPSA) is 51.2 Å². The summed E-state index contributed by atoms with van der Waals surface area (Å²) in [6, 6.07) is 16.7. The molecule has 0 bridgehead atoms. The minimum absolute atomic E-state index is 0.143. The molecule has 1 aromatic heterocycles. The summed E-state index contributed by atoms with van der Waals surface area (Å²) in [6.07, 6.45) is 0. The molecular formula is C18H16N2O2. The van der Waals surface area contributed by atoms with Crippen molar-refractivity contribution in [3.05, 3.63) is 65.9 Å². The Hall–Kier alpha value is -2.88. The third-order valence-corrected chi connectivity index (χ3v) is 3.43. The summed E-state index contributed by atoms with van der Waals surface area (Å²) >= 11 is 0. The van der Waals surface area contributed by atoms with Gasteiger partial charge in [0.25, 0.3) is 5.91 Å². The number of nitrogens with one attached hydrogen (secondary N) is 1. The maximum absolute atomic E-state index is 12.4. The number of hydrogen-bond donors (Lipinski definition) is 1. The summed E-state index contributed by atoms with van der Waals surface area (Å²) in [5.41, 5.74) is 2.91. The van der Waals surface area contributed by atoms with E-state index in [1.165, 1.54) is 0 Å². The van der Waals surface area contributed by atoms with Gasteiger partial charge in [-0.25, -0.2) is 4.98 Å². The maximum atomic E-state index is 12.4. The molecule has 2 aromatic carbocycles. The second kappa shape index (κ2) is 5.85. The van der Waals surface area contributed by atoms with Crippen molar-refractivity contribution < 1.29 is 9.53 Å². The number of hydrogen-bond acceptors (Lipinski definition) is 3. The first-order chi connectivity index (χ1) is 10.7. The highest BCUT2D eigenvalue weighted by Gasteiger charge is 2.11. The Morgan fingerprint density at radius 2 is 1.86 bits per heavy atom. The molecular weight excluding hydrogens is 276 g/mol. The van der Waals surface area contributed by atoms with Gasteiger partial charge in [0.2, 0.25) is 0 Å². The molecule has 0 saturated carbocycles. The van der Waals surface area contributed by atoms with Crippen molar-refractivity contribution in [1.29, 1.82) is 0 Å². The van der Waals surface area contributed by atoms with Crippen LogP contribution < -0.4 is 10.1 Å². The number of anilines is 1. The Labute approximate surface area is 128 Å². The molecule has 110 valence electrons. The molecule has 0 saturated heterocycles. The standard InChI is InChI=1S/C18H16N2O2/c1-12-11-15(20-18(21)13-7-4-3-5-8-13)14-9-6-10-16(22-2)17(14)19-12/h3-11H,1-2H3,(H,19,20,21). The van der Waals surface area contributed by atoms with E-state index in [1.807, 2.05) is 49.4 Å². The van der Waals surface area contributed by atoms with Gasteiger partial charge in [0, 0.05) is 16.6 Å². The molecule has 4 nitrogen and oxygen atoms in total. The Morgan fingerprint density at radius 1 is 1.09 bits per heavy atom. The number of carbonyl (C=O) groups is 1. The van der Waals surface area contributed by atoms with Gasteiger partial charge in [0.1, 0.15) is 11.3 Å². The summed E-state index contributed by atoms with van der Waals surface area (Å²) in [4.78, 5) is 16.9. The SMILES string of the molecule is COc1cccc2c(NC(=O)c3ccccc3)cc(C)nc12. The summed E-state index contributed by atoms with van der Waals surface area (Å²) in [5, 5.41) is 3.81. The number of fused-ring (bicyclic) bond motifs is 1. The highest BCUT2D eigenvalue weighted by atomic mass is 16.5. The van der Waals surface area contributed by atoms with Crippen LogP contribution in [0.2, 0.25) is 0 Å². The monoisotopic (exact) mass is 292 g/mol. The van der Waals surface area contributed by atoms with Crippen molar-refractivity contribution in [3.8, 4) is 5.75 Å². The molecule has 22 heavy (non-hydrogen) atoms. The van der Waals surface area contributed by atoms with E-state index in [0.717, 1.165) is 22.3 Å². The number of aromatic nitrogens is 1. The first-order valence-corrected chi connectivity index (χ1v) is 7.00. The van der Waals surface area contributed by atoms with Crippen LogP contribution in [0.25, 0.3) is 10.9 Å². The van der Waals surface area contributed by atoms with Crippen molar-refractivity contribution in [2.75, 3.05) is 12.4 Å². The fourth-order valence-electron chi connectivity index (χ4n) is 2.40. The van der Waals surface area contributed by atoms with Crippen molar-refractivity contribution in [2.24, 2.45) is 0 Å². The molecule has 1 heterocycles. The summed E-state index contributed by atoms with van der Waals surface area (Å²) in [6.45, 7) is 1.89.